The standard InChI is InChI=1S/C30H29N3O4S/c1-4-36-29(35)24-23(20-8-6-5-7-9-20)25-27(34)32(21-14-10-18(2)11-15-21)30(38)33(28(25)37-26(24)31)22-16-12-19(3)13-17-22/h5-17,23,25,28H,4,31H2,1-3H3. The number of nitrogens with two attached hydrogens (primary N) is 1. The number of anilines is 2. The number of fused-ring (bicyclic) bond motifs is 1. The van der Waals surface area contributed by atoms with Gasteiger partial charge in [-0.05, 0) is 62.8 Å². The van der Waals surface area contributed by atoms with E-state index in [2.05, 4.69) is 0 Å². The first-order valence-electron chi connectivity index (χ1n) is 12.5. The number of hydrogen-bond donors (Lipinski definition) is 1. The van der Waals surface area contributed by atoms with Crippen LogP contribution in [0.5, 0.6) is 0 Å². The Morgan fingerprint density at radius 3 is 2.11 bits per heavy atom. The smallest absolute Gasteiger partial charge is 0.340 e. The van der Waals surface area contributed by atoms with Crippen molar-refractivity contribution in [3.63, 3.8) is 0 Å². The van der Waals surface area contributed by atoms with Gasteiger partial charge in [-0.1, -0.05) is 65.7 Å². The number of aryl methyl sites for hydroxylation is 2. The second kappa shape index (κ2) is 10.3. The number of carbonyl (C=O) groups excluding carboxylic acids is 2. The highest BCUT2D eigenvalue weighted by atomic mass is 32.1. The van der Waals surface area contributed by atoms with Crippen LogP contribution in [-0.4, -0.2) is 29.8 Å². The third-order valence-corrected chi connectivity index (χ3v) is 7.29. The number of thiocarbonyl (C=S) groups is 1. The lowest BCUT2D eigenvalue weighted by molar-refractivity contribution is -0.141. The van der Waals surface area contributed by atoms with Crippen molar-refractivity contribution in [2.24, 2.45) is 11.7 Å². The molecule has 0 radical (unpaired) electrons. The van der Waals surface area contributed by atoms with Gasteiger partial charge >= 0.3 is 5.97 Å². The van der Waals surface area contributed by atoms with E-state index in [9.17, 15) is 9.59 Å². The summed E-state index contributed by atoms with van der Waals surface area (Å²) in [7, 11) is 0. The Morgan fingerprint density at radius 2 is 1.53 bits per heavy atom. The minimum atomic E-state index is -0.872. The fourth-order valence-corrected chi connectivity index (χ4v) is 5.47. The SMILES string of the molecule is CCOC(=O)C1=C(N)OC2C(C(=O)N(c3ccc(C)cc3)C(=S)N2c2ccc(C)cc2)C1c1ccccc1. The van der Waals surface area contributed by atoms with E-state index in [0.29, 0.717) is 5.69 Å². The predicted octanol–water partition coefficient (Wildman–Crippen LogP) is 4.93. The lowest BCUT2D eigenvalue weighted by atomic mass is 9.75. The Hall–Kier alpha value is -4.17. The first-order chi connectivity index (χ1) is 18.3. The molecule has 1 amide bonds. The van der Waals surface area contributed by atoms with E-state index in [1.165, 1.54) is 4.90 Å². The van der Waals surface area contributed by atoms with Gasteiger partial charge in [0.15, 0.2) is 17.2 Å². The van der Waals surface area contributed by atoms with E-state index < -0.39 is 24.0 Å². The van der Waals surface area contributed by atoms with Crippen LogP contribution in [-0.2, 0) is 19.1 Å². The van der Waals surface area contributed by atoms with Crippen LogP contribution in [0.25, 0.3) is 0 Å². The molecule has 8 heteroatoms. The molecule has 5 rings (SSSR count). The molecule has 2 N–H and O–H groups in total. The van der Waals surface area contributed by atoms with Gasteiger partial charge in [-0.25, -0.2) is 4.79 Å². The largest absolute Gasteiger partial charge is 0.462 e. The zero-order valence-electron chi connectivity index (χ0n) is 21.5. The van der Waals surface area contributed by atoms with Crippen molar-refractivity contribution in [3.8, 4) is 0 Å². The summed E-state index contributed by atoms with van der Waals surface area (Å²) in [6, 6.07) is 24.8. The zero-order chi connectivity index (χ0) is 27.0. The molecule has 2 heterocycles. The maximum absolute atomic E-state index is 14.4. The van der Waals surface area contributed by atoms with E-state index in [1.54, 1.807) is 6.92 Å². The lowest BCUT2D eigenvalue weighted by Gasteiger charge is -2.50. The van der Waals surface area contributed by atoms with E-state index >= 15 is 0 Å². The second-order valence-corrected chi connectivity index (χ2v) is 9.78. The number of carbonyl (C=O) groups is 2. The van der Waals surface area contributed by atoms with Crippen LogP contribution in [0, 0.1) is 19.8 Å². The molecule has 194 valence electrons. The van der Waals surface area contributed by atoms with Crippen molar-refractivity contribution in [3.05, 3.63) is 107 Å². The number of nitrogens with zero attached hydrogens (tertiary/aromatic N) is 2. The average Bonchev–Trinajstić information content (AvgIpc) is 2.90. The molecule has 0 aliphatic carbocycles. The Bertz CT molecular complexity index is 1400. The first-order valence-corrected chi connectivity index (χ1v) is 12.9. The van der Waals surface area contributed by atoms with Crippen LogP contribution in [0.3, 0.4) is 0 Å². The summed E-state index contributed by atoms with van der Waals surface area (Å²) in [4.78, 5) is 31.0. The fourth-order valence-electron chi connectivity index (χ4n) is 5.07. The lowest BCUT2D eigenvalue weighted by Crippen LogP contribution is -2.66. The molecule has 3 atom stereocenters. The molecule has 38 heavy (non-hydrogen) atoms. The number of esters is 1. The van der Waals surface area contributed by atoms with Crippen molar-refractivity contribution >= 4 is 40.6 Å². The van der Waals surface area contributed by atoms with Crippen molar-refractivity contribution in [2.45, 2.75) is 32.9 Å². The van der Waals surface area contributed by atoms with Crippen LogP contribution in [0.1, 0.15) is 29.5 Å². The molecule has 7 nitrogen and oxygen atoms in total. The highest BCUT2D eigenvalue weighted by Crippen LogP contribution is 2.47. The van der Waals surface area contributed by atoms with Gasteiger partial charge in [0.1, 0.15) is 11.5 Å². The Morgan fingerprint density at radius 1 is 0.947 bits per heavy atom. The van der Waals surface area contributed by atoms with Gasteiger partial charge in [0.25, 0.3) is 0 Å². The molecule has 3 aromatic rings. The highest BCUT2D eigenvalue weighted by Gasteiger charge is 2.55. The molecule has 1 saturated heterocycles. The number of benzene rings is 3. The third kappa shape index (κ3) is 4.41. The van der Waals surface area contributed by atoms with Gasteiger partial charge in [0.2, 0.25) is 5.91 Å². The normalized spacial score (nSPS) is 21.2. The summed E-state index contributed by atoms with van der Waals surface area (Å²) in [6.07, 6.45) is -0.872. The predicted molar refractivity (Wildman–Crippen MR) is 150 cm³/mol. The molecule has 0 saturated carbocycles. The molecule has 2 aliphatic rings. The molecule has 3 aromatic carbocycles. The van der Waals surface area contributed by atoms with Gasteiger partial charge in [-0.2, -0.15) is 0 Å². The van der Waals surface area contributed by atoms with Crippen LogP contribution in [0.4, 0.5) is 11.4 Å². The summed E-state index contributed by atoms with van der Waals surface area (Å²) in [5.74, 6) is -2.53. The molecular weight excluding hydrogens is 498 g/mol. The summed E-state index contributed by atoms with van der Waals surface area (Å²) in [5, 5.41) is 0.267. The molecule has 1 fully saturated rings. The van der Waals surface area contributed by atoms with E-state index in [1.807, 2.05) is 97.6 Å². The number of ether oxygens (including phenoxy) is 2. The van der Waals surface area contributed by atoms with Gasteiger partial charge < -0.3 is 15.2 Å². The number of rotatable bonds is 5. The summed E-state index contributed by atoms with van der Waals surface area (Å²) >= 11 is 5.94. The Labute approximate surface area is 227 Å². The third-order valence-electron chi connectivity index (χ3n) is 6.91. The zero-order valence-corrected chi connectivity index (χ0v) is 22.3. The molecule has 3 unspecified atom stereocenters. The summed E-state index contributed by atoms with van der Waals surface area (Å²) in [6.45, 7) is 5.86. The van der Waals surface area contributed by atoms with Gasteiger partial charge in [0, 0.05) is 11.6 Å². The Balaban J connectivity index is 1.73. The summed E-state index contributed by atoms with van der Waals surface area (Å²) in [5.41, 5.74) is 10.8. The van der Waals surface area contributed by atoms with E-state index in [0.717, 1.165) is 22.4 Å². The molecule has 2 aliphatic heterocycles. The van der Waals surface area contributed by atoms with Crippen LogP contribution >= 0.6 is 12.2 Å². The molecule has 0 bridgehead atoms. The van der Waals surface area contributed by atoms with Crippen LogP contribution < -0.4 is 15.5 Å². The minimum absolute atomic E-state index is 0.0740. The maximum atomic E-state index is 14.4. The van der Waals surface area contributed by atoms with Crippen molar-refractivity contribution in [2.75, 3.05) is 16.4 Å². The second-order valence-electron chi connectivity index (χ2n) is 9.42. The quantitative estimate of drug-likeness (QED) is 0.372. The highest BCUT2D eigenvalue weighted by molar-refractivity contribution is 7.81. The van der Waals surface area contributed by atoms with Gasteiger partial charge in [0.05, 0.1) is 12.3 Å². The topological polar surface area (TPSA) is 85.1 Å². The van der Waals surface area contributed by atoms with E-state index in [-0.39, 0.29) is 29.1 Å². The monoisotopic (exact) mass is 527 g/mol. The average molecular weight is 528 g/mol. The van der Waals surface area contributed by atoms with Crippen molar-refractivity contribution in [1.82, 2.24) is 0 Å². The van der Waals surface area contributed by atoms with Crippen LogP contribution in [0.2, 0.25) is 0 Å². The van der Waals surface area contributed by atoms with E-state index in [4.69, 9.17) is 27.4 Å². The Kier molecular flexibility index (Phi) is 6.91. The minimum Gasteiger partial charge on any atom is -0.462 e. The molecular formula is C30H29N3O4S. The number of hydrogen-bond acceptors (Lipinski definition) is 6. The maximum Gasteiger partial charge on any atom is 0.340 e. The molecule has 0 aromatic heterocycles. The fraction of sp³-hybridized carbons (Fsp3) is 0.233. The van der Waals surface area contributed by atoms with Gasteiger partial charge in [-0.15, -0.1) is 0 Å². The van der Waals surface area contributed by atoms with Gasteiger partial charge in [-0.3, -0.25) is 14.6 Å². The summed E-state index contributed by atoms with van der Waals surface area (Å²) < 4.78 is 11.6. The number of amides is 1. The molecule has 0 spiro atoms. The first kappa shape index (κ1) is 25.5. The van der Waals surface area contributed by atoms with Crippen LogP contribution in [0.15, 0.2) is 90.3 Å². The van der Waals surface area contributed by atoms with Crippen molar-refractivity contribution < 1.29 is 19.1 Å². The van der Waals surface area contributed by atoms with Crippen molar-refractivity contribution in [1.29, 1.82) is 0 Å².